The highest BCUT2D eigenvalue weighted by Crippen LogP contribution is 2.46. The third kappa shape index (κ3) is 3.19. The lowest BCUT2D eigenvalue weighted by Crippen LogP contribution is -2.45. The number of nitrogens with one attached hydrogen (secondary N) is 1. The number of halogens is 1. The highest BCUT2D eigenvalue weighted by atomic mass is 19.1. The number of carbonyl (C=O) groups is 3. The number of rotatable bonds is 3. The number of aromatic nitrogens is 2. The first-order valence-electron chi connectivity index (χ1n) is 10.6. The maximum Gasteiger partial charge on any atom is 0.327 e. The highest BCUT2D eigenvalue weighted by Gasteiger charge is 2.56. The molecule has 5 rings (SSSR count). The molecule has 1 aromatic carbocycles. The van der Waals surface area contributed by atoms with Gasteiger partial charge in [0.05, 0.1) is 5.69 Å². The van der Waals surface area contributed by atoms with Crippen LogP contribution in [0.15, 0.2) is 30.3 Å². The quantitative estimate of drug-likeness (QED) is 0.766. The predicted molar refractivity (Wildman–Crippen MR) is 109 cm³/mol. The molecule has 1 aromatic heterocycles. The van der Waals surface area contributed by atoms with Gasteiger partial charge >= 0.3 is 6.03 Å². The second kappa shape index (κ2) is 7.18. The first-order valence-corrected chi connectivity index (χ1v) is 10.6. The van der Waals surface area contributed by atoms with Gasteiger partial charge in [0.2, 0.25) is 0 Å². The van der Waals surface area contributed by atoms with Crippen LogP contribution in [0.3, 0.4) is 0 Å². The summed E-state index contributed by atoms with van der Waals surface area (Å²) >= 11 is 0. The Morgan fingerprint density at radius 3 is 2.58 bits per heavy atom. The molecule has 0 aliphatic carbocycles. The van der Waals surface area contributed by atoms with Gasteiger partial charge in [-0.2, -0.15) is 5.10 Å². The van der Waals surface area contributed by atoms with Gasteiger partial charge in [0.15, 0.2) is 0 Å². The summed E-state index contributed by atoms with van der Waals surface area (Å²) in [6.45, 7) is 3.95. The SMILES string of the molecule is CCN1C(=O)C2CC3(CCN(C(=O)c4cc(-c5ccc(F)cc5)n[nH]4)CC3)CN2C1=O. The van der Waals surface area contributed by atoms with Crippen LogP contribution in [-0.4, -0.2) is 75.0 Å². The molecule has 1 N–H and O–H groups in total. The first kappa shape index (κ1) is 19.7. The smallest absolute Gasteiger partial charge is 0.327 e. The molecule has 1 atom stereocenters. The van der Waals surface area contributed by atoms with E-state index in [0.29, 0.717) is 44.0 Å². The van der Waals surface area contributed by atoms with Crippen LogP contribution in [0.25, 0.3) is 11.3 Å². The van der Waals surface area contributed by atoms with Gasteiger partial charge in [-0.25, -0.2) is 9.18 Å². The lowest BCUT2D eigenvalue weighted by molar-refractivity contribution is -0.128. The van der Waals surface area contributed by atoms with E-state index in [1.165, 1.54) is 17.0 Å². The van der Waals surface area contributed by atoms with Crippen LogP contribution in [-0.2, 0) is 4.79 Å². The van der Waals surface area contributed by atoms with Gasteiger partial charge in [0.25, 0.3) is 11.8 Å². The molecule has 2 aromatic rings. The Bertz CT molecular complexity index is 1020. The van der Waals surface area contributed by atoms with Crippen molar-refractivity contribution in [3.05, 3.63) is 41.8 Å². The largest absolute Gasteiger partial charge is 0.337 e. The number of H-pyrrole nitrogens is 1. The number of imide groups is 1. The Labute approximate surface area is 179 Å². The minimum Gasteiger partial charge on any atom is -0.337 e. The van der Waals surface area contributed by atoms with Crippen molar-refractivity contribution in [2.24, 2.45) is 5.41 Å². The minimum atomic E-state index is -0.347. The Kier molecular flexibility index (Phi) is 4.56. The number of urea groups is 1. The maximum atomic E-state index is 13.1. The molecule has 0 radical (unpaired) electrons. The summed E-state index contributed by atoms with van der Waals surface area (Å²) in [5.74, 6) is -0.539. The van der Waals surface area contributed by atoms with Crippen LogP contribution < -0.4 is 0 Å². The third-order valence-electron chi connectivity index (χ3n) is 6.91. The van der Waals surface area contributed by atoms with Crippen molar-refractivity contribution in [3.63, 3.8) is 0 Å². The van der Waals surface area contributed by atoms with E-state index < -0.39 is 0 Å². The van der Waals surface area contributed by atoms with Gasteiger partial charge in [-0.1, -0.05) is 0 Å². The average molecular weight is 425 g/mol. The molecular weight excluding hydrogens is 401 g/mol. The average Bonchev–Trinajstić information content (AvgIpc) is 3.45. The zero-order valence-corrected chi connectivity index (χ0v) is 17.3. The number of hydrogen-bond acceptors (Lipinski definition) is 4. The molecule has 0 saturated carbocycles. The van der Waals surface area contributed by atoms with Crippen molar-refractivity contribution in [1.29, 1.82) is 0 Å². The van der Waals surface area contributed by atoms with Gasteiger partial charge in [0.1, 0.15) is 17.6 Å². The number of benzene rings is 1. The fourth-order valence-corrected chi connectivity index (χ4v) is 5.11. The molecule has 4 amide bonds. The molecule has 31 heavy (non-hydrogen) atoms. The first-order chi connectivity index (χ1) is 14.9. The van der Waals surface area contributed by atoms with Crippen molar-refractivity contribution < 1.29 is 18.8 Å². The normalized spacial score (nSPS) is 22.5. The standard InChI is InChI=1S/C22H24FN5O3/c1-2-27-20(30)18-12-22(13-28(18)21(27)31)7-9-26(10-8-22)19(29)17-11-16(24-25-17)14-3-5-15(23)6-4-14/h3-6,11,18H,2,7-10,12-13H2,1H3,(H,24,25). The van der Waals surface area contributed by atoms with E-state index >= 15 is 0 Å². The lowest BCUT2D eigenvalue weighted by Gasteiger charge is -2.39. The Balaban J connectivity index is 1.24. The van der Waals surface area contributed by atoms with Crippen LogP contribution in [0.5, 0.6) is 0 Å². The maximum absolute atomic E-state index is 13.1. The zero-order valence-electron chi connectivity index (χ0n) is 17.3. The summed E-state index contributed by atoms with van der Waals surface area (Å²) in [6, 6.07) is 7.12. The van der Waals surface area contributed by atoms with Gasteiger partial charge in [-0.3, -0.25) is 19.6 Å². The third-order valence-corrected chi connectivity index (χ3v) is 6.91. The zero-order chi connectivity index (χ0) is 21.8. The minimum absolute atomic E-state index is 0.0892. The molecule has 3 aliphatic rings. The summed E-state index contributed by atoms with van der Waals surface area (Å²) in [5.41, 5.74) is 1.62. The van der Waals surface area contributed by atoms with Gasteiger partial charge < -0.3 is 9.80 Å². The number of carbonyl (C=O) groups excluding carboxylic acids is 3. The second-order valence-corrected chi connectivity index (χ2v) is 8.68. The molecule has 162 valence electrons. The van der Waals surface area contributed by atoms with Crippen molar-refractivity contribution in [1.82, 2.24) is 24.9 Å². The summed E-state index contributed by atoms with van der Waals surface area (Å²) in [4.78, 5) is 42.8. The topological polar surface area (TPSA) is 89.6 Å². The fourth-order valence-electron chi connectivity index (χ4n) is 5.11. The van der Waals surface area contributed by atoms with Crippen LogP contribution in [0.1, 0.15) is 36.7 Å². The molecule has 3 aliphatic heterocycles. The highest BCUT2D eigenvalue weighted by molar-refractivity contribution is 6.04. The molecule has 3 saturated heterocycles. The van der Waals surface area contributed by atoms with E-state index in [-0.39, 0.29) is 35.1 Å². The number of aromatic amines is 1. The van der Waals surface area contributed by atoms with Crippen molar-refractivity contribution in [3.8, 4) is 11.3 Å². The van der Waals surface area contributed by atoms with Crippen LogP contribution >= 0.6 is 0 Å². The van der Waals surface area contributed by atoms with E-state index in [2.05, 4.69) is 10.2 Å². The Morgan fingerprint density at radius 1 is 1.23 bits per heavy atom. The number of nitrogens with zero attached hydrogens (tertiary/aromatic N) is 4. The van der Waals surface area contributed by atoms with Crippen molar-refractivity contribution in [2.45, 2.75) is 32.2 Å². The number of likely N-dealkylation sites (N-methyl/N-ethyl adjacent to an activating group) is 1. The summed E-state index contributed by atoms with van der Waals surface area (Å²) in [6.07, 6.45) is 2.20. The molecule has 9 heteroatoms. The number of piperidine rings is 1. The van der Waals surface area contributed by atoms with Crippen molar-refractivity contribution in [2.75, 3.05) is 26.2 Å². The molecule has 0 bridgehead atoms. The molecule has 3 fully saturated rings. The van der Waals surface area contributed by atoms with Gasteiger partial charge in [-0.15, -0.1) is 0 Å². The molecule has 8 nitrogen and oxygen atoms in total. The van der Waals surface area contributed by atoms with Crippen LogP contribution in [0.2, 0.25) is 0 Å². The summed E-state index contributed by atoms with van der Waals surface area (Å²) < 4.78 is 13.1. The summed E-state index contributed by atoms with van der Waals surface area (Å²) in [5, 5.41) is 6.99. The van der Waals surface area contributed by atoms with E-state index in [1.54, 1.807) is 28.0 Å². The van der Waals surface area contributed by atoms with E-state index in [1.807, 2.05) is 6.92 Å². The van der Waals surface area contributed by atoms with Gasteiger partial charge in [-0.05, 0) is 61.9 Å². The fraction of sp³-hybridized carbons (Fsp3) is 0.455. The Morgan fingerprint density at radius 2 is 1.94 bits per heavy atom. The second-order valence-electron chi connectivity index (χ2n) is 8.68. The number of likely N-dealkylation sites (tertiary alicyclic amines) is 1. The number of hydrogen-bond donors (Lipinski definition) is 1. The lowest BCUT2D eigenvalue weighted by atomic mass is 9.76. The molecular formula is C22H24FN5O3. The monoisotopic (exact) mass is 425 g/mol. The summed E-state index contributed by atoms with van der Waals surface area (Å²) in [7, 11) is 0. The number of fused-ring (bicyclic) bond motifs is 1. The number of amides is 4. The molecule has 1 spiro atoms. The molecule has 4 heterocycles. The van der Waals surface area contributed by atoms with E-state index in [4.69, 9.17) is 0 Å². The van der Waals surface area contributed by atoms with E-state index in [9.17, 15) is 18.8 Å². The van der Waals surface area contributed by atoms with Gasteiger partial charge in [0, 0.05) is 31.7 Å². The van der Waals surface area contributed by atoms with Crippen LogP contribution in [0, 0.1) is 11.2 Å². The molecule has 1 unspecified atom stereocenters. The van der Waals surface area contributed by atoms with Crippen LogP contribution in [0.4, 0.5) is 9.18 Å². The van der Waals surface area contributed by atoms with E-state index in [0.717, 1.165) is 18.4 Å². The predicted octanol–water partition coefficient (Wildman–Crippen LogP) is 2.49. The van der Waals surface area contributed by atoms with Crippen molar-refractivity contribution >= 4 is 17.8 Å². The Hall–Kier alpha value is -3.23.